The van der Waals surface area contributed by atoms with Crippen molar-refractivity contribution in [3.05, 3.63) is 24.3 Å². The quantitative estimate of drug-likeness (QED) is 0.526. The van der Waals surface area contributed by atoms with Crippen molar-refractivity contribution in [3.63, 3.8) is 0 Å². The van der Waals surface area contributed by atoms with Gasteiger partial charge in [-0.15, -0.1) is 0 Å². The van der Waals surface area contributed by atoms with E-state index in [4.69, 9.17) is 4.74 Å². The SMILES string of the molecule is CCNC(=NCCC(=O)NC(C)CC)N1CCN(c2cccc(OC)c2)CC1. The lowest BCUT2D eigenvalue weighted by Gasteiger charge is -2.37. The van der Waals surface area contributed by atoms with Gasteiger partial charge < -0.3 is 25.2 Å². The first-order chi connectivity index (χ1) is 13.6. The fourth-order valence-electron chi connectivity index (χ4n) is 3.12. The summed E-state index contributed by atoms with van der Waals surface area (Å²) in [5.74, 6) is 1.84. The molecule has 7 nitrogen and oxygen atoms in total. The lowest BCUT2D eigenvalue weighted by molar-refractivity contribution is -0.121. The summed E-state index contributed by atoms with van der Waals surface area (Å²) >= 11 is 0. The first-order valence-corrected chi connectivity index (χ1v) is 10.3. The normalized spacial score (nSPS) is 15.9. The van der Waals surface area contributed by atoms with Gasteiger partial charge in [-0.25, -0.2) is 0 Å². The molecule has 0 bridgehead atoms. The van der Waals surface area contributed by atoms with Crippen LogP contribution in [0.2, 0.25) is 0 Å². The van der Waals surface area contributed by atoms with E-state index in [9.17, 15) is 4.79 Å². The van der Waals surface area contributed by atoms with E-state index in [1.165, 1.54) is 5.69 Å². The first kappa shape index (κ1) is 21.9. The van der Waals surface area contributed by atoms with Crippen molar-refractivity contribution in [2.24, 2.45) is 4.99 Å². The van der Waals surface area contributed by atoms with Gasteiger partial charge in [0.05, 0.1) is 13.7 Å². The van der Waals surface area contributed by atoms with E-state index in [1.54, 1.807) is 7.11 Å². The van der Waals surface area contributed by atoms with Crippen LogP contribution in [-0.2, 0) is 4.79 Å². The number of amides is 1. The summed E-state index contributed by atoms with van der Waals surface area (Å²) in [6, 6.07) is 8.40. The van der Waals surface area contributed by atoms with Crippen molar-refractivity contribution < 1.29 is 9.53 Å². The first-order valence-electron chi connectivity index (χ1n) is 10.3. The van der Waals surface area contributed by atoms with Crippen molar-refractivity contribution in [2.75, 3.05) is 51.3 Å². The number of carbonyl (C=O) groups excluding carboxylic acids is 1. The van der Waals surface area contributed by atoms with E-state index < -0.39 is 0 Å². The third kappa shape index (κ3) is 6.62. The number of aliphatic imine (C=N–C) groups is 1. The average Bonchev–Trinajstić information content (AvgIpc) is 2.73. The zero-order valence-corrected chi connectivity index (χ0v) is 17.7. The van der Waals surface area contributed by atoms with Crippen LogP contribution in [0.25, 0.3) is 0 Å². The summed E-state index contributed by atoms with van der Waals surface area (Å²) < 4.78 is 5.33. The molecule has 1 unspecified atom stereocenters. The summed E-state index contributed by atoms with van der Waals surface area (Å²) in [6.45, 7) is 11.1. The van der Waals surface area contributed by atoms with Crippen molar-refractivity contribution >= 4 is 17.6 Å². The smallest absolute Gasteiger partial charge is 0.222 e. The van der Waals surface area contributed by atoms with E-state index in [-0.39, 0.29) is 11.9 Å². The molecule has 1 aromatic rings. The second-order valence-corrected chi connectivity index (χ2v) is 7.04. The number of benzene rings is 1. The number of anilines is 1. The van der Waals surface area contributed by atoms with Crippen LogP contribution in [0, 0.1) is 0 Å². The van der Waals surface area contributed by atoms with Crippen LogP contribution >= 0.6 is 0 Å². The summed E-state index contributed by atoms with van der Waals surface area (Å²) in [4.78, 5) is 21.3. The fourth-order valence-corrected chi connectivity index (χ4v) is 3.12. The summed E-state index contributed by atoms with van der Waals surface area (Å²) in [6.07, 6.45) is 1.36. The van der Waals surface area contributed by atoms with Gasteiger partial charge in [0.15, 0.2) is 5.96 Å². The number of nitrogens with zero attached hydrogens (tertiary/aromatic N) is 3. The largest absolute Gasteiger partial charge is 0.497 e. The minimum absolute atomic E-state index is 0.0665. The zero-order valence-electron chi connectivity index (χ0n) is 17.7. The maximum atomic E-state index is 11.9. The number of methoxy groups -OCH3 is 1. The van der Waals surface area contributed by atoms with E-state index in [0.29, 0.717) is 13.0 Å². The number of carbonyl (C=O) groups is 1. The molecule has 1 atom stereocenters. The van der Waals surface area contributed by atoms with E-state index in [0.717, 1.165) is 50.9 Å². The highest BCUT2D eigenvalue weighted by atomic mass is 16.5. The van der Waals surface area contributed by atoms with Crippen LogP contribution in [0.15, 0.2) is 29.3 Å². The second kappa shape index (κ2) is 11.4. The Morgan fingerprint density at radius 3 is 2.64 bits per heavy atom. The molecular weight excluding hydrogens is 354 g/mol. The molecule has 2 N–H and O–H groups in total. The molecule has 1 fully saturated rings. The number of piperazine rings is 1. The Morgan fingerprint density at radius 1 is 1.25 bits per heavy atom. The number of nitrogens with one attached hydrogen (secondary N) is 2. The average molecular weight is 390 g/mol. The Balaban J connectivity index is 1.88. The number of hydrogen-bond acceptors (Lipinski definition) is 4. The zero-order chi connectivity index (χ0) is 20.4. The number of ether oxygens (including phenoxy) is 1. The molecule has 156 valence electrons. The number of hydrogen-bond donors (Lipinski definition) is 2. The van der Waals surface area contributed by atoms with Crippen molar-refractivity contribution in [1.82, 2.24) is 15.5 Å². The third-order valence-electron chi connectivity index (χ3n) is 4.95. The highest BCUT2D eigenvalue weighted by Crippen LogP contribution is 2.22. The maximum Gasteiger partial charge on any atom is 0.222 e. The molecule has 0 saturated carbocycles. The molecule has 1 aromatic carbocycles. The molecule has 7 heteroatoms. The summed E-state index contributed by atoms with van der Waals surface area (Å²) in [7, 11) is 1.69. The van der Waals surface area contributed by atoms with Gasteiger partial charge in [0, 0.05) is 56.9 Å². The van der Waals surface area contributed by atoms with Gasteiger partial charge in [-0.2, -0.15) is 0 Å². The van der Waals surface area contributed by atoms with Gasteiger partial charge in [0.2, 0.25) is 5.91 Å². The standard InChI is InChI=1S/C21H35N5O2/c1-5-17(3)24-20(27)10-11-23-21(22-6-2)26-14-12-25(13-15-26)18-8-7-9-19(16-18)28-4/h7-9,16-17H,5-6,10-15H2,1-4H3,(H,22,23)(H,24,27). The molecule has 1 aliphatic heterocycles. The van der Waals surface area contributed by atoms with E-state index in [1.807, 2.05) is 19.1 Å². The minimum atomic E-state index is 0.0665. The van der Waals surface area contributed by atoms with Crippen LogP contribution in [0.1, 0.15) is 33.6 Å². The molecular formula is C21H35N5O2. The van der Waals surface area contributed by atoms with Crippen LogP contribution < -0.4 is 20.3 Å². The number of rotatable bonds is 8. The molecule has 0 aliphatic carbocycles. The Labute approximate surface area is 169 Å². The molecule has 2 rings (SSSR count). The van der Waals surface area contributed by atoms with Gasteiger partial charge in [0.25, 0.3) is 0 Å². The van der Waals surface area contributed by atoms with Crippen molar-refractivity contribution in [2.45, 2.75) is 39.7 Å². The molecule has 1 amide bonds. The van der Waals surface area contributed by atoms with Gasteiger partial charge in [0.1, 0.15) is 5.75 Å². The van der Waals surface area contributed by atoms with Gasteiger partial charge >= 0.3 is 0 Å². The van der Waals surface area contributed by atoms with E-state index >= 15 is 0 Å². The molecule has 0 spiro atoms. The lowest BCUT2D eigenvalue weighted by Crippen LogP contribution is -2.52. The molecule has 0 radical (unpaired) electrons. The van der Waals surface area contributed by atoms with Gasteiger partial charge in [-0.05, 0) is 32.4 Å². The fraction of sp³-hybridized carbons (Fsp3) is 0.619. The topological polar surface area (TPSA) is 69.2 Å². The highest BCUT2D eigenvalue weighted by Gasteiger charge is 2.20. The van der Waals surface area contributed by atoms with Crippen molar-refractivity contribution in [3.8, 4) is 5.75 Å². The molecule has 1 saturated heterocycles. The predicted octanol–water partition coefficient (Wildman–Crippen LogP) is 2.09. The third-order valence-corrected chi connectivity index (χ3v) is 4.95. The number of guanidine groups is 1. The minimum Gasteiger partial charge on any atom is -0.497 e. The Bertz CT molecular complexity index is 641. The van der Waals surface area contributed by atoms with Gasteiger partial charge in [-0.3, -0.25) is 9.79 Å². The Kier molecular flexibility index (Phi) is 8.91. The molecule has 0 aromatic heterocycles. The van der Waals surface area contributed by atoms with Crippen LogP contribution in [0.3, 0.4) is 0 Å². The summed E-state index contributed by atoms with van der Waals surface area (Å²) in [5.41, 5.74) is 1.18. The van der Waals surface area contributed by atoms with Crippen LogP contribution in [0.4, 0.5) is 5.69 Å². The van der Waals surface area contributed by atoms with Gasteiger partial charge in [-0.1, -0.05) is 13.0 Å². The summed E-state index contributed by atoms with van der Waals surface area (Å²) in [5, 5.41) is 6.35. The molecule has 1 heterocycles. The van der Waals surface area contributed by atoms with Crippen molar-refractivity contribution in [1.29, 1.82) is 0 Å². The molecule has 1 aliphatic rings. The molecule has 28 heavy (non-hydrogen) atoms. The Hall–Kier alpha value is -2.44. The van der Waals surface area contributed by atoms with Crippen LogP contribution in [-0.4, -0.2) is 69.2 Å². The Morgan fingerprint density at radius 2 is 2.00 bits per heavy atom. The highest BCUT2D eigenvalue weighted by molar-refractivity contribution is 5.81. The lowest BCUT2D eigenvalue weighted by atomic mass is 10.2. The monoisotopic (exact) mass is 389 g/mol. The van der Waals surface area contributed by atoms with E-state index in [2.05, 4.69) is 51.4 Å². The second-order valence-electron chi connectivity index (χ2n) is 7.04. The van der Waals surface area contributed by atoms with Crippen LogP contribution in [0.5, 0.6) is 5.75 Å². The maximum absolute atomic E-state index is 11.9. The predicted molar refractivity (Wildman–Crippen MR) is 115 cm³/mol.